The molecule has 0 amide bonds. The monoisotopic (exact) mass is 367 g/mol. The predicted molar refractivity (Wildman–Crippen MR) is 91.9 cm³/mol. The third-order valence-corrected chi connectivity index (χ3v) is 4.42. The molecule has 0 N–H and O–H groups in total. The van der Waals surface area contributed by atoms with Crippen molar-refractivity contribution >= 4 is 50.8 Å². The summed E-state index contributed by atoms with van der Waals surface area (Å²) in [6.07, 6.45) is 0. The van der Waals surface area contributed by atoms with Crippen molar-refractivity contribution in [2.24, 2.45) is 0 Å². The highest BCUT2D eigenvalue weighted by atomic mass is 79.9. The van der Waals surface area contributed by atoms with Crippen LogP contribution in [-0.2, 0) is 0 Å². The number of para-hydroxylation sites is 1. The molecule has 0 unspecified atom stereocenters. The predicted octanol–water partition coefficient (Wildman–Crippen LogP) is 6.05. The van der Waals surface area contributed by atoms with E-state index in [0.717, 1.165) is 26.3 Å². The molecular formula is C16H12BrCl2N. The Kier molecular flexibility index (Phi) is 4.69. The second-order valence-corrected chi connectivity index (χ2v) is 5.65. The molecule has 0 spiro atoms. The van der Waals surface area contributed by atoms with Gasteiger partial charge in [0.05, 0.1) is 11.2 Å². The number of benzene rings is 2. The molecule has 4 heteroatoms. The minimum Gasteiger partial charge on any atom is -0.247 e. The van der Waals surface area contributed by atoms with Crippen molar-refractivity contribution in [3.05, 3.63) is 63.6 Å². The zero-order valence-corrected chi connectivity index (χ0v) is 13.9. The van der Waals surface area contributed by atoms with Crippen LogP contribution in [0.15, 0.2) is 53.0 Å². The molecule has 1 aromatic heterocycles. The fourth-order valence-corrected chi connectivity index (χ4v) is 2.81. The van der Waals surface area contributed by atoms with Gasteiger partial charge in [-0.25, -0.2) is 4.98 Å². The number of rotatable bonds is 1. The van der Waals surface area contributed by atoms with E-state index in [1.165, 1.54) is 10.9 Å². The Bertz CT molecular complexity index is 754. The Morgan fingerprint density at radius 3 is 2.35 bits per heavy atom. The first kappa shape index (κ1) is 15.3. The minimum absolute atomic E-state index is 0. The largest absolute Gasteiger partial charge is 0.247 e. The first-order chi connectivity index (χ1) is 9.16. The zero-order valence-electron chi connectivity index (χ0n) is 10.7. The molecule has 20 heavy (non-hydrogen) atoms. The van der Waals surface area contributed by atoms with Gasteiger partial charge in [-0.2, -0.15) is 0 Å². The smallest absolute Gasteiger partial charge is 0.0854 e. The fourth-order valence-electron chi connectivity index (χ4n) is 2.15. The van der Waals surface area contributed by atoms with E-state index in [1.807, 2.05) is 42.5 Å². The molecule has 0 saturated carbocycles. The third kappa shape index (κ3) is 2.69. The van der Waals surface area contributed by atoms with Crippen LogP contribution in [-0.4, -0.2) is 4.98 Å². The highest BCUT2D eigenvalue weighted by Gasteiger charge is 2.11. The van der Waals surface area contributed by atoms with Gasteiger partial charge in [-0.1, -0.05) is 41.9 Å². The van der Waals surface area contributed by atoms with Gasteiger partial charge in [-0.05, 0) is 46.6 Å². The van der Waals surface area contributed by atoms with Gasteiger partial charge in [-0.3, -0.25) is 0 Å². The van der Waals surface area contributed by atoms with Crippen molar-refractivity contribution < 1.29 is 0 Å². The van der Waals surface area contributed by atoms with Crippen molar-refractivity contribution in [1.82, 2.24) is 4.98 Å². The van der Waals surface area contributed by atoms with Gasteiger partial charge in [0.25, 0.3) is 0 Å². The van der Waals surface area contributed by atoms with Crippen molar-refractivity contribution in [2.45, 2.75) is 6.92 Å². The second-order valence-electron chi connectivity index (χ2n) is 4.42. The van der Waals surface area contributed by atoms with Crippen LogP contribution in [0.2, 0.25) is 5.02 Å². The maximum Gasteiger partial charge on any atom is 0.0854 e. The number of hydrogen-bond acceptors (Lipinski definition) is 1. The number of fused-ring (bicyclic) bond motifs is 1. The Hall–Kier alpha value is -1.09. The molecule has 3 aromatic rings. The first-order valence-corrected chi connectivity index (χ1v) is 7.14. The summed E-state index contributed by atoms with van der Waals surface area (Å²) < 4.78 is 1.04. The molecule has 0 radical (unpaired) electrons. The number of aryl methyl sites for hydroxylation is 1. The van der Waals surface area contributed by atoms with E-state index < -0.39 is 0 Å². The van der Waals surface area contributed by atoms with Crippen molar-refractivity contribution in [1.29, 1.82) is 0 Å². The van der Waals surface area contributed by atoms with Crippen LogP contribution < -0.4 is 0 Å². The van der Waals surface area contributed by atoms with Gasteiger partial charge >= 0.3 is 0 Å². The molecule has 3 rings (SSSR count). The Labute approximate surface area is 137 Å². The lowest BCUT2D eigenvalue weighted by Gasteiger charge is -2.10. The lowest BCUT2D eigenvalue weighted by atomic mass is 10.1. The molecule has 102 valence electrons. The highest BCUT2D eigenvalue weighted by molar-refractivity contribution is 9.10. The summed E-state index contributed by atoms with van der Waals surface area (Å²) in [6, 6.07) is 15.9. The molecule has 0 bridgehead atoms. The normalized spacial score (nSPS) is 10.3. The molecule has 1 heterocycles. The summed E-state index contributed by atoms with van der Waals surface area (Å²) in [6.45, 7) is 2.10. The van der Waals surface area contributed by atoms with Crippen molar-refractivity contribution in [3.63, 3.8) is 0 Å². The SMILES string of the molecule is Cc1c(Br)c(-c2ccc(Cl)cc2)nc2ccccc12.Cl. The molecule has 0 saturated heterocycles. The average molecular weight is 369 g/mol. The Morgan fingerprint density at radius 1 is 1.00 bits per heavy atom. The van der Waals surface area contributed by atoms with Gasteiger partial charge in [0.1, 0.15) is 0 Å². The molecule has 0 aliphatic rings. The van der Waals surface area contributed by atoms with Crippen molar-refractivity contribution in [2.75, 3.05) is 0 Å². The standard InChI is InChI=1S/C16H11BrClN.ClH/c1-10-13-4-2-3-5-14(13)19-16(15(10)17)11-6-8-12(18)9-7-11;/h2-9H,1H3;1H. The maximum absolute atomic E-state index is 5.93. The number of hydrogen-bond donors (Lipinski definition) is 0. The summed E-state index contributed by atoms with van der Waals surface area (Å²) in [7, 11) is 0. The van der Waals surface area contributed by atoms with Crippen LogP contribution in [0.25, 0.3) is 22.2 Å². The summed E-state index contributed by atoms with van der Waals surface area (Å²) in [5.74, 6) is 0. The summed E-state index contributed by atoms with van der Waals surface area (Å²) in [5.41, 5.74) is 4.22. The van der Waals surface area contributed by atoms with Crippen molar-refractivity contribution in [3.8, 4) is 11.3 Å². The summed E-state index contributed by atoms with van der Waals surface area (Å²) in [5, 5.41) is 1.91. The van der Waals surface area contributed by atoms with E-state index >= 15 is 0 Å². The van der Waals surface area contributed by atoms with E-state index in [9.17, 15) is 0 Å². The lowest BCUT2D eigenvalue weighted by molar-refractivity contribution is 1.33. The van der Waals surface area contributed by atoms with Crippen LogP contribution >= 0.6 is 39.9 Å². The molecule has 0 atom stereocenters. The number of pyridine rings is 1. The lowest BCUT2D eigenvalue weighted by Crippen LogP contribution is -1.91. The number of halogens is 3. The van der Waals surface area contributed by atoms with Crippen LogP contribution in [0.5, 0.6) is 0 Å². The summed E-state index contributed by atoms with van der Waals surface area (Å²) >= 11 is 9.59. The average Bonchev–Trinajstić information content (AvgIpc) is 2.44. The number of aromatic nitrogens is 1. The van der Waals surface area contributed by atoms with Gasteiger partial charge in [0, 0.05) is 20.4 Å². The topological polar surface area (TPSA) is 12.9 Å². The van der Waals surface area contributed by atoms with E-state index in [0.29, 0.717) is 0 Å². The molecule has 0 fully saturated rings. The number of nitrogens with zero attached hydrogens (tertiary/aromatic N) is 1. The molecular weight excluding hydrogens is 357 g/mol. The molecule has 2 aromatic carbocycles. The first-order valence-electron chi connectivity index (χ1n) is 5.97. The molecule has 0 aliphatic heterocycles. The van der Waals surface area contributed by atoms with E-state index in [2.05, 4.69) is 28.9 Å². The van der Waals surface area contributed by atoms with Gasteiger partial charge in [0.15, 0.2) is 0 Å². The zero-order chi connectivity index (χ0) is 13.4. The van der Waals surface area contributed by atoms with E-state index in [-0.39, 0.29) is 12.4 Å². The van der Waals surface area contributed by atoms with E-state index in [1.54, 1.807) is 0 Å². The fraction of sp³-hybridized carbons (Fsp3) is 0.0625. The Balaban J connectivity index is 0.00000147. The Morgan fingerprint density at radius 2 is 1.65 bits per heavy atom. The minimum atomic E-state index is 0. The molecule has 0 aliphatic carbocycles. The van der Waals surface area contributed by atoms with Gasteiger partial charge in [-0.15, -0.1) is 12.4 Å². The van der Waals surface area contributed by atoms with Gasteiger partial charge < -0.3 is 0 Å². The van der Waals surface area contributed by atoms with Crippen LogP contribution in [0, 0.1) is 6.92 Å². The van der Waals surface area contributed by atoms with Gasteiger partial charge in [0.2, 0.25) is 0 Å². The summed E-state index contributed by atoms with van der Waals surface area (Å²) in [4.78, 5) is 4.75. The van der Waals surface area contributed by atoms with Crippen LogP contribution in [0.4, 0.5) is 0 Å². The quantitative estimate of drug-likeness (QED) is 0.509. The van der Waals surface area contributed by atoms with Crippen LogP contribution in [0.3, 0.4) is 0 Å². The third-order valence-electron chi connectivity index (χ3n) is 3.20. The highest BCUT2D eigenvalue weighted by Crippen LogP contribution is 2.33. The van der Waals surface area contributed by atoms with E-state index in [4.69, 9.17) is 16.6 Å². The maximum atomic E-state index is 5.93. The second kappa shape index (κ2) is 6.13. The molecule has 1 nitrogen and oxygen atoms in total. The van der Waals surface area contributed by atoms with Crippen LogP contribution in [0.1, 0.15) is 5.56 Å².